The number of aromatic nitrogens is 2. The van der Waals surface area contributed by atoms with Gasteiger partial charge >= 0.3 is 0 Å². The number of likely N-dealkylation sites (tertiary alicyclic amines) is 1. The molecule has 0 bridgehead atoms. The summed E-state index contributed by atoms with van der Waals surface area (Å²) in [7, 11) is 0. The molecule has 106 valence electrons. The van der Waals surface area contributed by atoms with E-state index in [-0.39, 0.29) is 6.04 Å². The first-order valence-electron chi connectivity index (χ1n) is 7.43. The van der Waals surface area contributed by atoms with Gasteiger partial charge in [-0.25, -0.2) is 0 Å². The lowest BCUT2D eigenvalue weighted by Gasteiger charge is -2.33. The zero-order valence-corrected chi connectivity index (χ0v) is 12.4. The quantitative estimate of drug-likeness (QED) is 0.884. The van der Waals surface area contributed by atoms with Crippen molar-refractivity contribution in [1.82, 2.24) is 20.2 Å². The van der Waals surface area contributed by atoms with Crippen molar-refractivity contribution >= 4 is 0 Å². The van der Waals surface area contributed by atoms with E-state index < -0.39 is 0 Å². The third kappa shape index (κ3) is 3.98. The average molecular weight is 262 g/mol. The van der Waals surface area contributed by atoms with E-state index >= 15 is 0 Å². The van der Waals surface area contributed by atoms with Crippen molar-refractivity contribution in [3.63, 3.8) is 0 Å². The summed E-state index contributed by atoms with van der Waals surface area (Å²) in [6.07, 6.45) is 7.62. The first kappa shape index (κ1) is 14.4. The van der Waals surface area contributed by atoms with Crippen LogP contribution < -0.4 is 5.32 Å². The van der Waals surface area contributed by atoms with Gasteiger partial charge < -0.3 is 5.32 Å². The molecule has 1 aliphatic rings. The fraction of sp³-hybridized carbons (Fsp3) is 0.733. The normalized spacial score (nSPS) is 20.2. The molecular weight excluding hydrogens is 236 g/mol. The molecule has 2 heterocycles. The average Bonchev–Trinajstić information content (AvgIpc) is 2.46. The van der Waals surface area contributed by atoms with Crippen LogP contribution in [0.1, 0.15) is 50.5 Å². The fourth-order valence-electron chi connectivity index (χ4n) is 2.78. The molecule has 1 N–H and O–H groups in total. The number of rotatable bonds is 5. The van der Waals surface area contributed by atoms with E-state index in [1.807, 2.05) is 6.92 Å². The van der Waals surface area contributed by atoms with E-state index in [4.69, 9.17) is 0 Å². The molecule has 0 saturated carbocycles. The predicted molar refractivity (Wildman–Crippen MR) is 78.1 cm³/mol. The second kappa shape index (κ2) is 6.96. The molecule has 0 radical (unpaired) electrons. The van der Waals surface area contributed by atoms with Gasteiger partial charge in [0.05, 0.1) is 11.4 Å². The number of piperidine rings is 1. The van der Waals surface area contributed by atoms with Crippen LogP contribution in [0.3, 0.4) is 0 Å². The highest BCUT2D eigenvalue weighted by Crippen LogP contribution is 2.14. The molecule has 2 unspecified atom stereocenters. The van der Waals surface area contributed by atoms with E-state index in [2.05, 4.69) is 34.0 Å². The minimum Gasteiger partial charge on any atom is -0.307 e. The minimum atomic E-state index is 0.265. The summed E-state index contributed by atoms with van der Waals surface area (Å²) >= 11 is 0. The molecule has 1 aliphatic heterocycles. The molecule has 0 amide bonds. The van der Waals surface area contributed by atoms with Crippen molar-refractivity contribution in [2.45, 2.75) is 52.1 Å². The van der Waals surface area contributed by atoms with Gasteiger partial charge in [0.1, 0.15) is 0 Å². The van der Waals surface area contributed by atoms with Crippen molar-refractivity contribution in [3.05, 3.63) is 23.8 Å². The van der Waals surface area contributed by atoms with Crippen LogP contribution in [0.2, 0.25) is 0 Å². The van der Waals surface area contributed by atoms with E-state index in [0.717, 1.165) is 17.9 Å². The van der Waals surface area contributed by atoms with Gasteiger partial charge in [0.25, 0.3) is 0 Å². The van der Waals surface area contributed by atoms with Crippen molar-refractivity contribution in [2.75, 3.05) is 19.6 Å². The standard InChI is InChI=1S/C15H26N4/c1-12(19-9-5-4-6-10-19)11-18-14(3)15-13(2)16-7-8-17-15/h7-8,12,14,18H,4-6,9-11H2,1-3H3. The van der Waals surface area contributed by atoms with Crippen LogP contribution in [0.4, 0.5) is 0 Å². The van der Waals surface area contributed by atoms with E-state index in [1.54, 1.807) is 12.4 Å². The molecule has 0 aromatic carbocycles. The van der Waals surface area contributed by atoms with E-state index in [1.165, 1.54) is 32.4 Å². The summed E-state index contributed by atoms with van der Waals surface area (Å²) in [6, 6.07) is 0.862. The zero-order valence-electron chi connectivity index (χ0n) is 12.4. The summed E-state index contributed by atoms with van der Waals surface area (Å²) in [5.74, 6) is 0. The lowest BCUT2D eigenvalue weighted by molar-refractivity contribution is 0.168. The van der Waals surface area contributed by atoms with Gasteiger partial charge in [-0.1, -0.05) is 6.42 Å². The maximum atomic E-state index is 4.43. The Bertz CT molecular complexity index is 387. The van der Waals surface area contributed by atoms with Gasteiger partial charge in [0, 0.05) is 31.0 Å². The smallest absolute Gasteiger partial charge is 0.0782 e. The van der Waals surface area contributed by atoms with E-state index in [0.29, 0.717) is 6.04 Å². The summed E-state index contributed by atoms with van der Waals surface area (Å²) in [6.45, 7) is 10.0. The number of hydrogen-bond acceptors (Lipinski definition) is 4. The monoisotopic (exact) mass is 262 g/mol. The molecule has 0 spiro atoms. The summed E-state index contributed by atoms with van der Waals surface area (Å²) < 4.78 is 0. The first-order chi connectivity index (χ1) is 9.18. The number of nitrogens with one attached hydrogen (secondary N) is 1. The van der Waals surface area contributed by atoms with Crippen molar-refractivity contribution in [1.29, 1.82) is 0 Å². The summed E-state index contributed by atoms with van der Waals surface area (Å²) in [5.41, 5.74) is 2.08. The molecule has 2 rings (SSSR count). The SMILES string of the molecule is Cc1nccnc1C(C)NCC(C)N1CCCCC1. The molecule has 1 saturated heterocycles. The Morgan fingerprint density at radius 3 is 2.53 bits per heavy atom. The van der Waals surface area contributed by atoms with Crippen LogP contribution in [0.5, 0.6) is 0 Å². The molecule has 2 atom stereocenters. The Hall–Kier alpha value is -1.00. The molecule has 1 aromatic rings. The van der Waals surface area contributed by atoms with Gasteiger partial charge in [-0.05, 0) is 46.7 Å². The Labute approximate surface area is 116 Å². The Balaban J connectivity index is 1.82. The summed E-state index contributed by atoms with van der Waals surface area (Å²) in [5, 5.41) is 3.59. The van der Waals surface area contributed by atoms with Crippen LogP contribution in [0.25, 0.3) is 0 Å². The highest BCUT2D eigenvalue weighted by Gasteiger charge is 2.18. The van der Waals surface area contributed by atoms with Gasteiger partial charge in [-0.2, -0.15) is 0 Å². The molecule has 4 heteroatoms. The predicted octanol–water partition coefficient (Wildman–Crippen LogP) is 2.31. The zero-order chi connectivity index (χ0) is 13.7. The topological polar surface area (TPSA) is 41.1 Å². The van der Waals surface area contributed by atoms with Gasteiger partial charge in [0.15, 0.2) is 0 Å². The first-order valence-corrected chi connectivity index (χ1v) is 7.43. The molecule has 4 nitrogen and oxygen atoms in total. The van der Waals surface area contributed by atoms with Crippen LogP contribution in [0.15, 0.2) is 12.4 Å². The maximum absolute atomic E-state index is 4.43. The Morgan fingerprint density at radius 2 is 1.84 bits per heavy atom. The third-order valence-electron chi connectivity index (χ3n) is 4.06. The minimum absolute atomic E-state index is 0.265. The van der Waals surface area contributed by atoms with Gasteiger partial charge in [-0.15, -0.1) is 0 Å². The molecule has 1 fully saturated rings. The van der Waals surface area contributed by atoms with E-state index in [9.17, 15) is 0 Å². The summed E-state index contributed by atoms with van der Waals surface area (Å²) in [4.78, 5) is 11.3. The molecular formula is C15H26N4. The van der Waals surface area contributed by atoms with Crippen molar-refractivity contribution < 1.29 is 0 Å². The Morgan fingerprint density at radius 1 is 1.16 bits per heavy atom. The van der Waals surface area contributed by atoms with Crippen LogP contribution >= 0.6 is 0 Å². The fourth-order valence-corrected chi connectivity index (χ4v) is 2.78. The highest BCUT2D eigenvalue weighted by molar-refractivity contribution is 5.12. The van der Waals surface area contributed by atoms with Gasteiger partial charge in [-0.3, -0.25) is 14.9 Å². The van der Waals surface area contributed by atoms with Crippen molar-refractivity contribution in [2.24, 2.45) is 0 Å². The van der Waals surface area contributed by atoms with Crippen molar-refractivity contribution in [3.8, 4) is 0 Å². The molecule has 19 heavy (non-hydrogen) atoms. The molecule has 0 aliphatic carbocycles. The number of aryl methyl sites for hydroxylation is 1. The number of hydrogen-bond donors (Lipinski definition) is 1. The van der Waals surface area contributed by atoms with Gasteiger partial charge in [0.2, 0.25) is 0 Å². The van der Waals surface area contributed by atoms with Crippen LogP contribution in [0, 0.1) is 6.92 Å². The highest BCUT2D eigenvalue weighted by atomic mass is 15.2. The lowest BCUT2D eigenvalue weighted by Crippen LogP contribution is -2.43. The third-order valence-corrected chi connectivity index (χ3v) is 4.06. The van der Waals surface area contributed by atoms with Crippen LogP contribution in [-0.4, -0.2) is 40.5 Å². The largest absolute Gasteiger partial charge is 0.307 e. The second-order valence-corrected chi connectivity index (χ2v) is 5.60. The number of nitrogens with zero attached hydrogens (tertiary/aromatic N) is 3. The lowest BCUT2D eigenvalue weighted by atomic mass is 10.1. The maximum Gasteiger partial charge on any atom is 0.0782 e. The van der Waals surface area contributed by atoms with Crippen LogP contribution in [-0.2, 0) is 0 Å². The Kier molecular flexibility index (Phi) is 5.28. The second-order valence-electron chi connectivity index (χ2n) is 5.60. The molecule has 1 aromatic heterocycles.